The fourth-order valence-corrected chi connectivity index (χ4v) is 6.73. The smallest absolute Gasteiger partial charge is 0.469 e. The van der Waals surface area contributed by atoms with E-state index in [1.807, 2.05) is 0 Å². The number of pyridine rings is 1. The molecule has 0 saturated carbocycles. The van der Waals surface area contributed by atoms with Crippen LogP contribution in [0.15, 0.2) is 36.7 Å². The molecule has 0 amide bonds. The van der Waals surface area contributed by atoms with E-state index in [1.54, 1.807) is 0 Å². The van der Waals surface area contributed by atoms with Gasteiger partial charge in [-0.05, 0) is 18.6 Å². The molecule has 3 atom stereocenters. The van der Waals surface area contributed by atoms with Crippen molar-refractivity contribution in [2.24, 2.45) is 0 Å². The van der Waals surface area contributed by atoms with E-state index in [9.17, 15) is 42.4 Å². The number of esters is 1. The maximum Gasteiger partial charge on any atom is 0.514 e. The third-order valence-electron chi connectivity index (χ3n) is 5.02. The van der Waals surface area contributed by atoms with E-state index in [0.717, 1.165) is 13.3 Å². The number of aliphatic hydroxyl groups is 1. The molecule has 37 heavy (non-hydrogen) atoms. The summed E-state index contributed by atoms with van der Waals surface area (Å²) in [7, 11) is -9.90. The van der Waals surface area contributed by atoms with Gasteiger partial charge in [-0.15, -0.1) is 0 Å². The molecule has 0 aliphatic carbocycles. The number of nitrogens with zero attached hydrogens (tertiary/aromatic N) is 1. The number of methoxy groups -OCH3 is 1. The molecule has 1 aromatic heterocycles. The SMILES string of the molecule is COC(=O)CC(C)OC(=O)Oc1cc(F)c(C2OP(=O)(O)C(O)(Cc3cccnc3)P(=O)(O)O2)c(F)c1. The average molecular weight is 567 g/mol. The fraction of sp³-hybridized carbons (Fsp3) is 0.350. The largest absolute Gasteiger partial charge is 0.514 e. The molecule has 2 aromatic rings. The highest BCUT2D eigenvalue weighted by Crippen LogP contribution is 2.79. The van der Waals surface area contributed by atoms with Crippen LogP contribution in [0.2, 0.25) is 0 Å². The Kier molecular flexibility index (Phi) is 8.50. The number of hydrogen-bond acceptors (Lipinski definition) is 11. The predicted molar refractivity (Wildman–Crippen MR) is 117 cm³/mol. The molecule has 2 heterocycles. The van der Waals surface area contributed by atoms with Crippen molar-refractivity contribution < 1.29 is 65.7 Å². The minimum Gasteiger partial charge on any atom is -0.469 e. The third-order valence-corrected chi connectivity index (χ3v) is 9.61. The molecular weight excluding hydrogens is 546 g/mol. The number of ether oxygens (including phenoxy) is 3. The number of hydrogen-bond donors (Lipinski definition) is 3. The molecule has 1 aromatic carbocycles. The van der Waals surface area contributed by atoms with Crippen LogP contribution in [0.1, 0.15) is 30.8 Å². The molecule has 3 N–H and O–H groups in total. The zero-order chi connectivity index (χ0) is 27.6. The minimum absolute atomic E-state index is 0.0610. The maximum atomic E-state index is 14.8. The summed E-state index contributed by atoms with van der Waals surface area (Å²) in [5.74, 6) is -4.54. The first-order valence-corrected chi connectivity index (χ1v) is 13.4. The summed E-state index contributed by atoms with van der Waals surface area (Å²) in [6.45, 7) is 1.33. The van der Waals surface area contributed by atoms with Crippen LogP contribution in [0.3, 0.4) is 0 Å². The van der Waals surface area contributed by atoms with Crippen molar-refractivity contribution >= 4 is 27.3 Å². The Morgan fingerprint density at radius 2 is 1.78 bits per heavy atom. The van der Waals surface area contributed by atoms with E-state index in [1.165, 1.54) is 25.3 Å². The van der Waals surface area contributed by atoms with Gasteiger partial charge >= 0.3 is 27.3 Å². The number of carbonyl (C=O) groups is 2. The molecule has 0 radical (unpaired) electrons. The van der Waals surface area contributed by atoms with Crippen molar-refractivity contribution in [3.05, 3.63) is 59.4 Å². The Morgan fingerprint density at radius 3 is 2.30 bits per heavy atom. The Hall–Kier alpha value is -2.77. The lowest BCUT2D eigenvalue weighted by Crippen LogP contribution is -2.38. The molecular formula is C20H21F2NO12P2. The summed E-state index contributed by atoms with van der Waals surface area (Å²) in [6, 6.07) is 3.60. The van der Waals surface area contributed by atoms with Crippen molar-refractivity contribution in [3.63, 3.8) is 0 Å². The first-order valence-electron chi connectivity index (χ1n) is 10.3. The van der Waals surface area contributed by atoms with Gasteiger partial charge in [0.15, 0.2) is 0 Å². The van der Waals surface area contributed by atoms with Crippen molar-refractivity contribution in [1.82, 2.24) is 4.98 Å². The average Bonchev–Trinajstić information content (AvgIpc) is 2.77. The van der Waals surface area contributed by atoms with E-state index in [-0.39, 0.29) is 12.0 Å². The lowest BCUT2D eigenvalue weighted by atomic mass is 10.2. The fourth-order valence-electron chi connectivity index (χ4n) is 3.18. The van der Waals surface area contributed by atoms with Crippen molar-refractivity contribution in [3.8, 4) is 5.75 Å². The normalized spacial score (nSPS) is 28.2. The first-order chi connectivity index (χ1) is 17.2. The van der Waals surface area contributed by atoms with Gasteiger partial charge in [-0.25, -0.2) is 13.6 Å². The van der Waals surface area contributed by atoms with Gasteiger partial charge in [0, 0.05) is 30.9 Å². The number of aromatic nitrogens is 1. The summed E-state index contributed by atoms with van der Waals surface area (Å²) in [6.07, 6.45) is -3.71. The number of halogens is 2. The summed E-state index contributed by atoms with van der Waals surface area (Å²) in [5, 5.41) is 7.30. The molecule has 0 spiro atoms. The number of rotatable bonds is 7. The molecule has 1 aliphatic heterocycles. The zero-order valence-corrected chi connectivity index (χ0v) is 20.9. The third kappa shape index (κ3) is 6.21. The lowest BCUT2D eigenvalue weighted by molar-refractivity contribution is -0.142. The minimum atomic E-state index is -5.51. The van der Waals surface area contributed by atoms with Gasteiger partial charge in [-0.3, -0.25) is 28.0 Å². The molecule has 202 valence electrons. The Bertz CT molecular complexity index is 1230. The van der Waals surface area contributed by atoms with Gasteiger partial charge in [0.1, 0.15) is 23.5 Å². The van der Waals surface area contributed by atoms with Crippen molar-refractivity contribution in [1.29, 1.82) is 0 Å². The number of carbonyl (C=O) groups excluding carboxylic acids is 2. The molecule has 3 rings (SSSR count). The summed E-state index contributed by atoms with van der Waals surface area (Å²) in [4.78, 5) is 47.4. The highest BCUT2D eigenvalue weighted by Gasteiger charge is 2.67. The van der Waals surface area contributed by atoms with Gasteiger partial charge in [0.2, 0.25) is 6.29 Å². The van der Waals surface area contributed by atoms with Gasteiger partial charge in [0.25, 0.3) is 5.08 Å². The summed E-state index contributed by atoms with van der Waals surface area (Å²) in [5.41, 5.74) is -1.15. The van der Waals surface area contributed by atoms with E-state index >= 15 is 0 Å². The predicted octanol–water partition coefficient (Wildman–Crippen LogP) is 3.13. The molecule has 1 aliphatic rings. The van der Waals surface area contributed by atoms with Crippen LogP contribution >= 0.6 is 15.2 Å². The summed E-state index contributed by atoms with van der Waals surface area (Å²) >= 11 is 0. The van der Waals surface area contributed by atoms with E-state index in [0.29, 0.717) is 12.1 Å². The molecule has 1 fully saturated rings. The highest BCUT2D eigenvalue weighted by molar-refractivity contribution is 7.73. The first kappa shape index (κ1) is 28.8. The maximum absolute atomic E-state index is 14.8. The van der Waals surface area contributed by atoms with E-state index in [2.05, 4.69) is 14.5 Å². The van der Waals surface area contributed by atoms with Crippen LogP contribution in [0.25, 0.3) is 0 Å². The van der Waals surface area contributed by atoms with E-state index < -0.39 is 74.2 Å². The van der Waals surface area contributed by atoms with E-state index in [4.69, 9.17) is 13.8 Å². The second-order valence-electron chi connectivity index (χ2n) is 7.76. The monoisotopic (exact) mass is 567 g/mol. The Morgan fingerprint density at radius 1 is 1.19 bits per heavy atom. The van der Waals surface area contributed by atoms with Crippen LogP contribution in [-0.4, -0.2) is 50.3 Å². The van der Waals surface area contributed by atoms with Gasteiger partial charge in [0.05, 0.1) is 19.1 Å². The molecule has 3 unspecified atom stereocenters. The highest BCUT2D eigenvalue weighted by atomic mass is 31.2. The molecule has 1 saturated heterocycles. The molecule has 13 nitrogen and oxygen atoms in total. The second-order valence-corrected chi connectivity index (χ2v) is 12.1. The van der Waals surface area contributed by atoms with Crippen LogP contribution < -0.4 is 4.74 Å². The van der Waals surface area contributed by atoms with Crippen LogP contribution in [0, 0.1) is 11.6 Å². The Balaban J connectivity index is 1.81. The lowest BCUT2D eigenvalue weighted by Gasteiger charge is -2.41. The number of benzene rings is 1. The summed E-state index contributed by atoms with van der Waals surface area (Å²) < 4.78 is 78.4. The zero-order valence-electron chi connectivity index (χ0n) is 19.1. The van der Waals surface area contributed by atoms with Gasteiger partial charge in [-0.1, -0.05) is 6.07 Å². The van der Waals surface area contributed by atoms with Crippen LogP contribution in [0.5, 0.6) is 5.75 Å². The van der Waals surface area contributed by atoms with Gasteiger partial charge in [-0.2, -0.15) is 0 Å². The van der Waals surface area contributed by atoms with Crippen molar-refractivity contribution in [2.45, 2.75) is 37.2 Å². The van der Waals surface area contributed by atoms with Crippen molar-refractivity contribution in [2.75, 3.05) is 7.11 Å². The Labute approximate surface area is 208 Å². The quantitative estimate of drug-likeness (QED) is 0.252. The van der Waals surface area contributed by atoms with Crippen LogP contribution in [0.4, 0.5) is 13.6 Å². The van der Waals surface area contributed by atoms with Gasteiger partial charge < -0.3 is 29.1 Å². The second kappa shape index (κ2) is 10.9. The van der Waals surface area contributed by atoms with Crippen LogP contribution in [-0.2, 0) is 38.9 Å². The molecule has 17 heteroatoms. The molecule has 0 bridgehead atoms. The standard InChI is InChI=1S/C20H21F2NO12P2/c1-11(6-16(24)31-2)32-19(25)33-13-7-14(21)17(15(22)8-13)18-34-36(27,28)20(26,37(29,30)35-18)9-12-4-3-5-23-10-12/h3-5,7-8,10-11,18,26H,6,9H2,1-2H3,(H,27,28)(H,29,30). The topological polar surface area (TPSA) is 188 Å².